The van der Waals surface area contributed by atoms with Crippen molar-refractivity contribution in [3.63, 3.8) is 0 Å². The zero-order chi connectivity index (χ0) is 28.3. The topological polar surface area (TPSA) is 105 Å². The van der Waals surface area contributed by atoms with Gasteiger partial charge in [-0.05, 0) is 60.4 Å². The number of halogens is 3. The molecule has 6 nitrogen and oxygen atoms in total. The highest BCUT2D eigenvalue weighted by Gasteiger charge is 2.29. The van der Waals surface area contributed by atoms with Gasteiger partial charge in [0.05, 0.1) is 23.7 Å². The molecule has 0 spiro atoms. The van der Waals surface area contributed by atoms with E-state index in [1.165, 1.54) is 13.1 Å². The fourth-order valence-electron chi connectivity index (χ4n) is 4.49. The van der Waals surface area contributed by atoms with E-state index >= 15 is 4.39 Å². The molecule has 2 amide bonds. The van der Waals surface area contributed by atoms with Crippen molar-refractivity contribution in [2.24, 2.45) is 5.73 Å². The molecule has 1 atom stereocenters. The Morgan fingerprint density at radius 3 is 2.41 bits per heavy atom. The highest BCUT2D eigenvalue weighted by atomic mass is 35.5. The predicted molar refractivity (Wildman–Crippen MR) is 146 cm³/mol. The van der Waals surface area contributed by atoms with Crippen molar-refractivity contribution >= 4 is 29.2 Å². The summed E-state index contributed by atoms with van der Waals surface area (Å²) < 4.78 is 29.9. The minimum atomic E-state index is -0.865. The molecule has 200 valence electrons. The van der Waals surface area contributed by atoms with E-state index in [9.17, 15) is 18.8 Å². The molecule has 1 heterocycles. The van der Waals surface area contributed by atoms with Gasteiger partial charge in [-0.25, -0.2) is 8.78 Å². The number of nitrogens with two attached hydrogens (primary N) is 1. The second-order valence-corrected chi connectivity index (χ2v) is 9.55. The van der Waals surface area contributed by atoms with Gasteiger partial charge in [-0.15, -0.1) is 0 Å². The smallest absolute Gasteiger partial charge is 0.253 e. The molecule has 4 N–H and O–H groups in total. The van der Waals surface area contributed by atoms with E-state index in [0.29, 0.717) is 22.6 Å². The zero-order valence-electron chi connectivity index (χ0n) is 21.3. The maximum atomic E-state index is 15.2. The largest absolute Gasteiger partial charge is 0.370 e. The van der Waals surface area contributed by atoms with Gasteiger partial charge in [-0.3, -0.25) is 14.4 Å². The third kappa shape index (κ3) is 5.91. The molecule has 1 unspecified atom stereocenters. The van der Waals surface area contributed by atoms with Crippen molar-refractivity contribution in [1.29, 1.82) is 0 Å². The number of hydrogen-bond donors (Lipinski definition) is 3. The first-order chi connectivity index (χ1) is 18.6. The molecule has 0 saturated carbocycles. The zero-order valence-corrected chi connectivity index (χ0v) is 22.0. The summed E-state index contributed by atoms with van der Waals surface area (Å²) >= 11 is 6.10. The molecule has 4 aromatic rings. The second-order valence-electron chi connectivity index (χ2n) is 9.12. The van der Waals surface area contributed by atoms with Gasteiger partial charge in [0, 0.05) is 27.9 Å². The number of rotatable bonds is 9. The van der Waals surface area contributed by atoms with Crippen LogP contribution in [0.15, 0.2) is 66.9 Å². The van der Waals surface area contributed by atoms with E-state index in [2.05, 4.69) is 10.3 Å². The third-order valence-electron chi connectivity index (χ3n) is 6.51. The number of aromatic nitrogens is 1. The second kappa shape index (κ2) is 11.6. The number of benzene rings is 3. The van der Waals surface area contributed by atoms with Crippen LogP contribution in [0, 0.1) is 18.6 Å². The molecule has 0 radical (unpaired) electrons. The Morgan fingerprint density at radius 2 is 1.72 bits per heavy atom. The van der Waals surface area contributed by atoms with E-state index < -0.39 is 35.3 Å². The van der Waals surface area contributed by atoms with E-state index in [1.54, 1.807) is 42.5 Å². The average Bonchev–Trinajstić information content (AvgIpc) is 3.34. The SMILES string of the molecule is CCc1cccc(C(=O)c2[nH]cc(C(=O)NC(CC(N)=O)c3cccc(Cl)c3)c2-c2c(F)ccc(F)c2C)c1. The van der Waals surface area contributed by atoms with Crippen LogP contribution < -0.4 is 11.1 Å². The normalized spacial score (nSPS) is 11.7. The molecule has 1 aromatic heterocycles. The van der Waals surface area contributed by atoms with Crippen molar-refractivity contribution in [1.82, 2.24) is 10.3 Å². The Hall–Kier alpha value is -4.30. The van der Waals surface area contributed by atoms with E-state index in [1.807, 2.05) is 13.0 Å². The van der Waals surface area contributed by atoms with Crippen molar-refractivity contribution in [2.75, 3.05) is 0 Å². The molecule has 3 aromatic carbocycles. The van der Waals surface area contributed by atoms with Gasteiger partial charge < -0.3 is 16.0 Å². The van der Waals surface area contributed by atoms with Crippen LogP contribution in [0.3, 0.4) is 0 Å². The van der Waals surface area contributed by atoms with Gasteiger partial charge in [-0.1, -0.05) is 48.9 Å². The van der Waals surface area contributed by atoms with Crippen LogP contribution in [-0.2, 0) is 11.2 Å². The van der Waals surface area contributed by atoms with Gasteiger partial charge in [0.1, 0.15) is 11.6 Å². The van der Waals surface area contributed by atoms with Crippen LogP contribution >= 0.6 is 11.6 Å². The minimum Gasteiger partial charge on any atom is -0.370 e. The minimum absolute atomic E-state index is 0.0662. The van der Waals surface area contributed by atoms with E-state index in [4.69, 9.17) is 17.3 Å². The van der Waals surface area contributed by atoms with Crippen LogP contribution in [0.25, 0.3) is 11.1 Å². The first-order valence-corrected chi connectivity index (χ1v) is 12.6. The number of hydrogen-bond acceptors (Lipinski definition) is 3. The lowest BCUT2D eigenvalue weighted by Gasteiger charge is -2.19. The maximum Gasteiger partial charge on any atom is 0.253 e. The van der Waals surface area contributed by atoms with Crippen LogP contribution in [0.4, 0.5) is 8.78 Å². The third-order valence-corrected chi connectivity index (χ3v) is 6.74. The summed E-state index contributed by atoms with van der Waals surface area (Å²) in [6.07, 6.45) is 1.72. The number of carbonyl (C=O) groups is 3. The number of amides is 2. The van der Waals surface area contributed by atoms with E-state index in [0.717, 1.165) is 17.7 Å². The number of H-pyrrole nitrogens is 1. The highest BCUT2D eigenvalue weighted by Crippen LogP contribution is 2.35. The molecule has 39 heavy (non-hydrogen) atoms. The standard InChI is InChI=1S/C30H26ClF2N3O3/c1-3-17-6-4-8-19(12-17)29(38)28-27(26-16(2)22(32)10-11-23(26)33)21(15-35-28)30(39)36-24(14-25(34)37)18-7-5-9-20(31)13-18/h4-13,15,24,35H,3,14H2,1-2H3,(H2,34,37)(H,36,39). The number of primary amides is 1. The lowest BCUT2D eigenvalue weighted by molar-refractivity contribution is -0.118. The monoisotopic (exact) mass is 549 g/mol. The molecule has 0 fully saturated rings. The fraction of sp³-hybridized carbons (Fsp3) is 0.167. The number of carbonyl (C=O) groups excluding carboxylic acids is 3. The summed E-state index contributed by atoms with van der Waals surface area (Å²) in [4.78, 5) is 41.9. The first-order valence-electron chi connectivity index (χ1n) is 12.2. The number of ketones is 1. The Balaban J connectivity index is 1.85. The Labute approximate surface area is 229 Å². The van der Waals surface area contributed by atoms with Crippen molar-refractivity contribution in [3.8, 4) is 11.1 Å². The summed E-state index contributed by atoms with van der Waals surface area (Å²) in [5.41, 5.74) is 6.64. The van der Waals surface area contributed by atoms with Gasteiger partial charge in [-0.2, -0.15) is 0 Å². The summed E-state index contributed by atoms with van der Waals surface area (Å²) in [6.45, 7) is 3.32. The summed E-state index contributed by atoms with van der Waals surface area (Å²) in [6, 6.07) is 14.5. The van der Waals surface area contributed by atoms with Crippen molar-refractivity contribution in [2.45, 2.75) is 32.7 Å². The highest BCUT2D eigenvalue weighted by molar-refractivity contribution is 6.30. The van der Waals surface area contributed by atoms with Gasteiger partial charge in [0.15, 0.2) is 0 Å². The van der Waals surface area contributed by atoms with E-state index in [-0.39, 0.29) is 34.4 Å². The van der Waals surface area contributed by atoms with Crippen LogP contribution in [-0.4, -0.2) is 22.6 Å². The average molecular weight is 550 g/mol. The fourth-order valence-corrected chi connectivity index (χ4v) is 4.69. The van der Waals surface area contributed by atoms with Gasteiger partial charge in [0.25, 0.3) is 5.91 Å². The lowest BCUT2D eigenvalue weighted by Crippen LogP contribution is -2.32. The number of aryl methyl sites for hydroxylation is 1. The number of nitrogens with one attached hydrogen (secondary N) is 2. The summed E-state index contributed by atoms with van der Waals surface area (Å²) in [5, 5.41) is 3.12. The van der Waals surface area contributed by atoms with Crippen LogP contribution in [0.2, 0.25) is 5.02 Å². The summed E-state index contributed by atoms with van der Waals surface area (Å²) in [5.74, 6) is -3.39. The Morgan fingerprint density at radius 1 is 1.00 bits per heavy atom. The van der Waals surface area contributed by atoms with Crippen LogP contribution in [0.1, 0.15) is 62.5 Å². The molecule has 0 saturated heterocycles. The quantitative estimate of drug-likeness (QED) is 0.221. The van der Waals surface area contributed by atoms with Crippen molar-refractivity contribution < 1.29 is 23.2 Å². The Bertz CT molecular complexity index is 1580. The number of aromatic amines is 1. The molecule has 0 aliphatic rings. The molecular weight excluding hydrogens is 524 g/mol. The van der Waals surface area contributed by atoms with Gasteiger partial charge in [0.2, 0.25) is 11.7 Å². The van der Waals surface area contributed by atoms with Gasteiger partial charge >= 0.3 is 0 Å². The predicted octanol–water partition coefficient (Wildman–Crippen LogP) is 6.06. The molecule has 0 bridgehead atoms. The van der Waals surface area contributed by atoms with Crippen molar-refractivity contribution in [3.05, 3.63) is 117 Å². The lowest BCUT2D eigenvalue weighted by atomic mass is 9.92. The molecular formula is C30H26ClF2N3O3. The molecule has 0 aliphatic carbocycles. The molecule has 0 aliphatic heterocycles. The molecule has 9 heteroatoms. The first kappa shape index (κ1) is 27.7. The molecule has 4 rings (SSSR count). The van der Waals surface area contributed by atoms with Crippen LogP contribution in [0.5, 0.6) is 0 Å². The maximum absolute atomic E-state index is 15.2. The Kier molecular flexibility index (Phi) is 8.26. The summed E-state index contributed by atoms with van der Waals surface area (Å²) in [7, 11) is 0.